The van der Waals surface area contributed by atoms with Gasteiger partial charge in [0, 0.05) is 27.2 Å². The number of nitrogens with two attached hydrogens (primary N) is 1. The molecule has 19 heavy (non-hydrogen) atoms. The summed E-state index contributed by atoms with van der Waals surface area (Å²) in [6, 6.07) is 0. The van der Waals surface area contributed by atoms with Gasteiger partial charge in [0.25, 0.3) is 5.56 Å². The van der Waals surface area contributed by atoms with Crippen molar-refractivity contribution < 1.29 is 4.74 Å². The number of nitrogens with one attached hydrogen (secondary N) is 1. The van der Waals surface area contributed by atoms with E-state index in [1.807, 2.05) is 6.92 Å². The van der Waals surface area contributed by atoms with Crippen LogP contribution >= 0.6 is 0 Å². The fraction of sp³-hybridized carbons (Fsp3) is 0.667. The normalized spacial score (nSPS) is 10.7. The van der Waals surface area contributed by atoms with Gasteiger partial charge in [0.2, 0.25) is 0 Å². The zero-order valence-corrected chi connectivity index (χ0v) is 11.7. The maximum absolute atomic E-state index is 11.9. The van der Waals surface area contributed by atoms with Crippen molar-refractivity contribution >= 4 is 11.5 Å². The van der Waals surface area contributed by atoms with Crippen molar-refractivity contribution in [1.82, 2.24) is 9.55 Å². The maximum Gasteiger partial charge on any atom is 0.330 e. The van der Waals surface area contributed by atoms with Crippen LogP contribution in [0.3, 0.4) is 0 Å². The van der Waals surface area contributed by atoms with Crippen molar-refractivity contribution in [1.29, 1.82) is 0 Å². The smallest absolute Gasteiger partial charge is 0.330 e. The molecule has 0 amide bonds. The SMILES string of the molecule is CCCCn1c(N)c(N(C)CCOC)c(=O)[nH]c1=O. The molecule has 0 saturated heterocycles. The predicted octanol–water partition coefficient (Wildman–Crippen LogP) is 0.00150. The van der Waals surface area contributed by atoms with Gasteiger partial charge in [-0.2, -0.15) is 0 Å². The highest BCUT2D eigenvalue weighted by Gasteiger charge is 2.15. The molecular formula is C12H22N4O3. The van der Waals surface area contributed by atoms with Crippen molar-refractivity contribution in [3.05, 3.63) is 20.8 Å². The van der Waals surface area contributed by atoms with E-state index in [0.717, 1.165) is 12.8 Å². The van der Waals surface area contributed by atoms with E-state index in [-0.39, 0.29) is 5.82 Å². The number of methoxy groups -OCH3 is 1. The van der Waals surface area contributed by atoms with Crippen LogP contribution in [-0.4, -0.2) is 36.9 Å². The number of unbranched alkanes of at least 4 members (excludes halogenated alkanes) is 1. The second-order valence-electron chi connectivity index (χ2n) is 4.41. The quantitative estimate of drug-likeness (QED) is 0.727. The molecule has 0 unspecified atom stereocenters. The number of anilines is 2. The molecule has 0 saturated carbocycles. The summed E-state index contributed by atoms with van der Waals surface area (Å²) in [5.74, 6) is 0.209. The second-order valence-corrected chi connectivity index (χ2v) is 4.41. The van der Waals surface area contributed by atoms with Gasteiger partial charge in [-0.15, -0.1) is 0 Å². The Hall–Kier alpha value is -1.76. The number of H-pyrrole nitrogens is 1. The van der Waals surface area contributed by atoms with E-state index in [0.29, 0.717) is 25.4 Å². The van der Waals surface area contributed by atoms with Crippen LogP contribution in [0.1, 0.15) is 19.8 Å². The van der Waals surface area contributed by atoms with E-state index < -0.39 is 11.2 Å². The van der Waals surface area contributed by atoms with E-state index in [2.05, 4.69) is 4.98 Å². The molecule has 0 atom stereocenters. The number of ether oxygens (including phenoxy) is 1. The standard InChI is InChI=1S/C12H22N4O3/c1-4-5-6-16-10(13)9(11(17)14-12(16)18)15(2)7-8-19-3/h4-8,13H2,1-3H3,(H,14,17,18). The van der Waals surface area contributed by atoms with E-state index in [9.17, 15) is 9.59 Å². The molecule has 0 aromatic carbocycles. The topological polar surface area (TPSA) is 93.3 Å². The van der Waals surface area contributed by atoms with Crippen LogP contribution in [0.5, 0.6) is 0 Å². The van der Waals surface area contributed by atoms with Crippen LogP contribution in [0.2, 0.25) is 0 Å². The van der Waals surface area contributed by atoms with Gasteiger partial charge in [-0.05, 0) is 6.42 Å². The van der Waals surface area contributed by atoms with E-state index in [4.69, 9.17) is 10.5 Å². The summed E-state index contributed by atoms with van der Waals surface area (Å²) >= 11 is 0. The summed E-state index contributed by atoms with van der Waals surface area (Å²) in [4.78, 5) is 27.6. The number of nitrogens with zero attached hydrogens (tertiary/aromatic N) is 2. The zero-order chi connectivity index (χ0) is 14.4. The molecule has 3 N–H and O–H groups in total. The molecule has 1 aromatic heterocycles. The molecule has 0 aliphatic heterocycles. The van der Waals surface area contributed by atoms with Crippen LogP contribution in [0.15, 0.2) is 9.59 Å². The highest BCUT2D eigenvalue weighted by Crippen LogP contribution is 2.14. The first-order valence-corrected chi connectivity index (χ1v) is 6.35. The lowest BCUT2D eigenvalue weighted by Crippen LogP contribution is -2.38. The molecule has 0 aliphatic rings. The van der Waals surface area contributed by atoms with Gasteiger partial charge < -0.3 is 15.4 Å². The molecule has 7 nitrogen and oxygen atoms in total. The predicted molar refractivity (Wildman–Crippen MR) is 75.8 cm³/mol. The van der Waals surface area contributed by atoms with Crippen LogP contribution < -0.4 is 21.9 Å². The lowest BCUT2D eigenvalue weighted by molar-refractivity contribution is 0.206. The van der Waals surface area contributed by atoms with Crippen molar-refractivity contribution in [3.63, 3.8) is 0 Å². The Bertz CT molecular complexity index is 521. The minimum absolute atomic E-state index is 0.209. The van der Waals surface area contributed by atoms with Gasteiger partial charge in [0.1, 0.15) is 11.5 Å². The monoisotopic (exact) mass is 270 g/mol. The third-order valence-corrected chi connectivity index (χ3v) is 2.96. The Labute approximate surface area is 112 Å². The van der Waals surface area contributed by atoms with Crippen molar-refractivity contribution in [2.45, 2.75) is 26.3 Å². The van der Waals surface area contributed by atoms with Crippen LogP contribution in [0, 0.1) is 0 Å². The van der Waals surface area contributed by atoms with E-state index in [1.165, 1.54) is 4.57 Å². The number of hydrogen-bond donors (Lipinski definition) is 2. The van der Waals surface area contributed by atoms with Gasteiger partial charge in [-0.1, -0.05) is 13.3 Å². The summed E-state index contributed by atoms with van der Waals surface area (Å²) in [7, 11) is 3.33. The maximum atomic E-state index is 11.9. The number of aromatic nitrogens is 2. The molecule has 0 radical (unpaired) electrons. The fourth-order valence-electron chi connectivity index (χ4n) is 1.82. The van der Waals surface area contributed by atoms with E-state index in [1.54, 1.807) is 19.1 Å². The molecule has 1 aromatic rings. The minimum Gasteiger partial charge on any atom is -0.383 e. The summed E-state index contributed by atoms with van der Waals surface area (Å²) < 4.78 is 6.38. The van der Waals surface area contributed by atoms with Crippen LogP contribution in [0.4, 0.5) is 11.5 Å². The number of hydrogen-bond acceptors (Lipinski definition) is 5. The fourth-order valence-corrected chi connectivity index (χ4v) is 1.82. The molecule has 1 heterocycles. The molecule has 0 aliphatic carbocycles. The van der Waals surface area contributed by atoms with Crippen molar-refractivity contribution in [2.24, 2.45) is 0 Å². The molecule has 0 fully saturated rings. The Kier molecular flexibility index (Phi) is 5.62. The average Bonchev–Trinajstić information content (AvgIpc) is 2.35. The third kappa shape index (κ3) is 3.60. The molecule has 1 rings (SSSR count). The first-order chi connectivity index (χ1) is 9.02. The van der Waals surface area contributed by atoms with Crippen LogP contribution in [-0.2, 0) is 11.3 Å². The Morgan fingerprint density at radius 3 is 2.68 bits per heavy atom. The van der Waals surface area contributed by atoms with Gasteiger partial charge >= 0.3 is 5.69 Å². The lowest BCUT2D eigenvalue weighted by atomic mass is 10.3. The zero-order valence-electron chi connectivity index (χ0n) is 11.7. The molecule has 7 heteroatoms. The van der Waals surface area contributed by atoms with Crippen molar-refractivity contribution in [2.75, 3.05) is 37.9 Å². The molecule has 0 spiro atoms. The molecule has 108 valence electrons. The molecular weight excluding hydrogens is 248 g/mol. The lowest BCUT2D eigenvalue weighted by Gasteiger charge is -2.21. The largest absolute Gasteiger partial charge is 0.383 e. The van der Waals surface area contributed by atoms with Crippen molar-refractivity contribution in [3.8, 4) is 0 Å². The Morgan fingerprint density at radius 2 is 2.11 bits per heavy atom. The summed E-state index contributed by atoms with van der Waals surface area (Å²) in [5, 5.41) is 0. The van der Waals surface area contributed by atoms with Crippen LogP contribution in [0.25, 0.3) is 0 Å². The highest BCUT2D eigenvalue weighted by molar-refractivity contribution is 5.61. The highest BCUT2D eigenvalue weighted by atomic mass is 16.5. The van der Waals surface area contributed by atoms with Gasteiger partial charge in [0.15, 0.2) is 0 Å². The van der Waals surface area contributed by atoms with Gasteiger partial charge in [0.05, 0.1) is 6.61 Å². The summed E-state index contributed by atoms with van der Waals surface area (Å²) in [6.07, 6.45) is 1.78. The van der Waals surface area contributed by atoms with Gasteiger partial charge in [-0.3, -0.25) is 14.3 Å². The number of aromatic amines is 1. The summed E-state index contributed by atoms with van der Waals surface area (Å²) in [6.45, 7) is 3.53. The molecule has 0 bridgehead atoms. The Balaban J connectivity index is 3.17. The second kappa shape index (κ2) is 6.98. The van der Waals surface area contributed by atoms with E-state index >= 15 is 0 Å². The number of nitrogen functional groups attached to an aromatic ring is 1. The summed E-state index contributed by atoms with van der Waals surface area (Å²) in [5.41, 5.74) is 5.35. The minimum atomic E-state index is -0.464. The third-order valence-electron chi connectivity index (χ3n) is 2.96. The Morgan fingerprint density at radius 1 is 1.42 bits per heavy atom. The first-order valence-electron chi connectivity index (χ1n) is 6.35. The average molecular weight is 270 g/mol. The van der Waals surface area contributed by atoms with Gasteiger partial charge in [-0.25, -0.2) is 4.79 Å². The number of likely N-dealkylation sites (N-methyl/N-ethyl adjacent to an activating group) is 1. The first kappa shape index (κ1) is 15.3. The number of rotatable bonds is 7.